The average Bonchev–Trinajstić information content (AvgIpc) is 3.26. The molecule has 28 heavy (non-hydrogen) atoms. The van der Waals surface area contributed by atoms with E-state index in [2.05, 4.69) is 15.3 Å². The molecule has 1 aliphatic heterocycles. The van der Waals surface area contributed by atoms with Crippen molar-refractivity contribution in [3.05, 3.63) is 41.3 Å². The first-order chi connectivity index (χ1) is 13.4. The van der Waals surface area contributed by atoms with E-state index >= 15 is 0 Å². The zero-order chi connectivity index (χ0) is 19.9. The molecule has 0 saturated carbocycles. The van der Waals surface area contributed by atoms with E-state index in [1.54, 1.807) is 13.3 Å². The van der Waals surface area contributed by atoms with Gasteiger partial charge in [-0.2, -0.15) is 4.98 Å². The van der Waals surface area contributed by atoms with Crippen molar-refractivity contribution in [2.45, 2.75) is 32.8 Å². The van der Waals surface area contributed by atoms with Gasteiger partial charge in [0.05, 0.1) is 12.3 Å². The van der Waals surface area contributed by atoms with E-state index < -0.39 is 5.60 Å². The fourth-order valence-corrected chi connectivity index (χ4v) is 3.57. The molecule has 1 saturated heterocycles. The molecule has 8 nitrogen and oxygen atoms in total. The number of amides is 1. The molecule has 3 aromatic rings. The Bertz CT molecular complexity index is 1050. The van der Waals surface area contributed by atoms with Crippen LogP contribution in [0.2, 0.25) is 0 Å². The number of nitrogens with zero attached hydrogens (tertiary/aromatic N) is 4. The summed E-state index contributed by atoms with van der Waals surface area (Å²) in [5.41, 5.74) is 3.10. The maximum atomic E-state index is 11.4. The van der Waals surface area contributed by atoms with Gasteiger partial charge in [0.25, 0.3) is 0 Å². The van der Waals surface area contributed by atoms with Crippen LogP contribution < -0.4 is 5.32 Å². The van der Waals surface area contributed by atoms with Gasteiger partial charge >= 0.3 is 0 Å². The van der Waals surface area contributed by atoms with E-state index in [1.807, 2.05) is 36.7 Å². The molecule has 1 atom stereocenters. The van der Waals surface area contributed by atoms with E-state index in [1.165, 1.54) is 6.92 Å². The first-order valence-electron chi connectivity index (χ1n) is 9.16. The Morgan fingerprint density at radius 1 is 1.32 bits per heavy atom. The molecule has 8 heteroatoms. The van der Waals surface area contributed by atoms with E-state index in [9.17, 15) is 4.79 Å². The average molecular weight is 381 g/mol. The summed E-state index contributed by atoms with van der Waals surface area (Å²) in [5.74, 6) is 0.794. The molecule has 1 aliphatic rings. The summed E-state index contributed by atoms with van der Waals surface area (Å²) in [6.45, 7) is 6.60. The number of aromatic nitrogens is 4. The van der Waals surface area contributed by atoms with Gasteiger partial charge in [0.2, 0.25) is 11.9 Å². The number of pyridine rings is 1. The normalized spacial score (nSPS) is 19.3. The van der Waals surface area contributed by atoms with Crippen molar-refractivity contribution in [3.63, 3.8) is 0 Å². The van der Waals surface area contributed by atoms with Crippen LogP contribution in [0.25, 0.3) is 16.9 Å². The lowest BCUT2D eigenvalue weighted by molar-refractivity contribution is -0.114. The molecule has 4 rings (SSSR count). The Labute approximate surface area is 162 Å². The Kier molecular flexibility index (Phi) is 4.60. The lowest BCUT2D eigenvalue weighted by Crippen LogP contribution is -2.30. The third kappa shape index (κ3) is 3.14. The number of hydrogen-bond acceptors (Lipinski definition) is 6. The first kappa shape index (κ1) is 18.5. The van der Waals surface area contributed by atoms with Crippen LogP contribution in [0.15, 0.2) is 24.5 Å². The van der Waals surface area contributed by atoms with Gasteiger partial charge in [0, 0.05) is 44.8 Å². The molecule has 4 heterocycles. The lowest BCUT2D eigenvalue weighted by atomic mass is 9.97. The van der Waals surface area contributed by atoms with Gasteiger partial charge in [0.1, 0.15) is 11.4 Å². The van der Waals surface area contributed by atoms with Crippen molar-refractivity contribution in [3.8, 4) is 5.82 Å². The summed E-state index contributed by atoms with van der Waals surface area (Å²) < 4.78 is 13.3. The number of methoxy groups -OCH3 is 1. The van der Waals surface area contributed by atoms with Crippen LogP contribution in [0.1, 0.15) is 30.2 Å². The predicted molar refractivity (Wildman–Crippen MR) is 105 cm³/mol. The minimum atomic E-state index is -0.533. The van der Waals surface area contributed by atoms with Gasteiger partial charge in [-0.3, -0.25) is 14.7 Å². The van der Waals surface area contributed by atoms with Crippen LogP contribution in [-0.4, -0.2) is 45.7 Å². The monoisotopic (exact) mass is 381 g/mol. The quantitative estimate of drug-likeness (QED) is 0.747. The molecule has 146 valence electrons. The molecule has 1 fully saturated rings. The summed E-state index contributed by atoms with van der Waals surface area (Å²) >= 11 is 0. The van der Waals surface area contributed by atoms with Gasteiger partial charge in [0.15, 0.2) is 5.65 Å². The zero-order valence-corrected chi connectivity index (χ0v) is 16.4. The molecule has 0 unspecified atom stereocenters. The summed E-state index contributed by atoms with van der Waals surface area (Å²) in [4.78, 5) is 25.0. The maximum absolute atomic E-state index is 11.4. The number of hydrogen-bond donors (Lipinski definition) is 1. The van der Waals surface area contributed by atoms with Crippen LogP contribution in [-0.2, 0) is 19.9 Å². The minimum Gasteiger partial charge on any atom is -0.378 e. The number of nitrogens with one attached hydrogen (secondary N) is 1. The second-order valence-electron chi connectivity index (χ2n) is 7.18. The second-order valence-corrected chi connectivity index (χ2v) is 7.18. The molecule has 1 amide bonds. The zero-order valence-electron chi connectivity index (χ0n) is 16.4. The third-order valence-electron chi connectivity index (χ3n) is 5.08. The first-order valence-corrected chi connectivity index (χ1v) is 9.16. The molecule has 0 aromatic carbocycles. The fourth-order valence-electron chi connectivity index (χ4n) is 3.57. The summed E-state index contributed by atoms with van der Waals surface area (Å²) in [6, 6.07) is 4.04. The Morgan fingerprint density at radius 2 is 2.14 bits per heavy atom. The van der Waals surface area contributed by atoms with Crippen molar-refractivity contribution in [2.75, 3.05) is 25.6 Å². The van der Waals surface area contributed by atoms with Crippen LogP contribution in [0.4, 0.5) is 5.95 Å². The van der Waals surface area contributed by atoms with Crippen molar-refractivity contribution in [1.29, 1.82) is 0 Å². The van der Waals surface area contributed by atoms with E-state index in [4.69, 9.17) is 14.5 Å². The number of ether oxygens (including phenoxy) is 2. The van der Waals surface area contributed by atoms with Gasteiger partial charge in [-0.15, -0.1) is 0 Å². The van der Waals surface area contributed by atoms with Crippen molar-refractivity contribution in [2.24, 2.45) is 0 Å². The maximum Gasteiger partial charge on any atom is 0.231 e. The van der Waals surface area contributed by atoms with E-state index in [0.29, 0.717) is 18.9 Å². The molecule has 0 aliphatic carbocycles. The highest BCUT2D eigenvalue weighted by Gasteiger charge is 2.38. The molecular formula is C20H23N5O3. The van der Waals surface area contributed by atoms with Crippen LogP contribution >= 0.6 is 0 Å². The summed E-state index contributed by atoms with van der Waals surface area (Å²) in [7, 11) is 1.69. The Hall–Kier alpha value is -2.84. The lowest BCUT2D eigenvalue weighted by Gasteiger charge is -2.26. The van der Waals surface area contributed by atoms with E-state index in [0.717, 1.165) is 34.4 Å². The Balaban J connectivity index is 1.87. The number of carbonyl (C=O) groups is 1. The fraction of sp³-hybridized carbons (Fsp3) is 0.400. The highest BCUT2D eigenvalue weighted by molar-refractivity contribution is 5.88. The Morgan fingerprint density at radius 3 is 2.82 bits per heavy atom. The van der Waals surface area contributed by atoms with Crippen molar-refractivity contribution in [1.82, 2.24) is 19.5 Å². The molecule has 0 spiro atoms. The largest absolute Gasteiger partial charge is 0.378 e. The molecule has 3 aromatic heterocycles. The highest BCUT2D eigenvalue weighted by Crippen LogP contribution is 2.34. The molecule has 1 N–H and O–H groups in total. The predicted octanol–water partition coefficient (Wildman–Crippen LogP) is 2.65. The number of fused-ring (bicyclic) bond motifs is 1. The standard InChI is InChI=1S/C20H23N5O3/c1-12-7-16(20(27-4)5-6-28-11-20)23-17(8-12)25-10-13(2)15-9-21-19(22-14(3)26)24-18(15)25/h7-10H,5-6,11H2,1-4H3,(H,21,22,24,26)/t20-/m0/s1. The van der Waals surface area contributed by atoms with Crippen LogP contribution in [0.3, 0.4) is 0 Å². The van der Waals surface area contributed by atoms with Gasteiger partial charge in [-0.25, -0.2) is 9.97 Å². The van der Waals surface area contributed by atoms with Crippen LogP contribution in [0.5, 0.6) is 0 Å². The SMILES string of the molecule is CO[C@@]1(c2cc(C)cc(-n3cc(C)c4cnc(NC(C)=O)nc43)n2)CCOC1. The minimum absolute atomic E-state index is 0.214. The summed E-state index contributed by atoms with van der Waals surface area (Å²) in [5, 5.41) is 3.54. The topological polar surface area (TPSA) is 91.2 Å². The van der Waals surface area contributed by atoms with Gasteiger partial charge in [-0.05, 0) is 37.1 Å². The van der Waals surface area contributed by atoms with Gasteiger partial charge < -0.3 is 9.47 Å². The number of aryl methyl sites for hydroxylation is 2. The molecule has 0 bridgehead atoms. The summed E-state index contributed by atoms with van der Waals surface area (Å²) in [6.07, 6.45) is 4.46. The van der Waals surface area contributed by atoms with Crippen molar-refractivity contribution < 1.29 is 14.3 Å². The van der Waals surface area contributed by atoms with Crippen molar-refractivity contribution >= 4 is 22.9 Å². The van der Waals surface area contributed by atoms with Crippen LogP contribution in [0, 0.1) is 13.8 Å². The third-order valence-corrected chi connectivity index (χ3v) is 5.08. The van der Waals surface area contributed by atoms with E-state index in [-0.39, 0.29) is 11.9 Å². The number of rotatable bonds is 4. The number of anilines is 1. The molecule has 0 radical (unpaired) electrons. The smallest absolute Gasteiger partial charge is 0.231 e. The number of carbonyl (C=O) groups excluding carboxylic acids is 1. The highest BCUT2D eigenvalue weighted by atomic mass is 16.5. The van der Waals surface area contributed by atoms with Gasteiger partial charge in [-0.1, -0.05) is 0 Å². The second kappa shape index (κ2) is 6.96. The molecular weight excluding hydrogens is 358 g/mol.